The van der Waals surface area contributed by atoms with E-state index in [1.165, 1.54) is 6.42 Å². The molecule has 2 aliphatic heterocycles. The first-order valence-electron chi connectivity index (χ1n) is 11.0. The van der Waals surface area contributed by atoms with Crippen LogP contribution in [0.2, 0.25) is 0 Å². The zero-order valence-corrected chi connectivity index (χ0v) is 17.5. The summed E-state index contributed by atoms with van der Waals surface area (Å²) in [6.45, 7) is 2.75. The van der Waals surface area contributed by atoms with Gasteiger partial charge in [0.25, 0.3) is 5.91 Å². The van der Waals surface area contributed by atoms with Crippen LogP contribution < -0.4 is 4.90 Å². The molecule has 6 nitrogen and oxygen atoms in total. The van der Waals surface area contributed by atoms with Crippen molar-refractivity contribution < 1.29 is 9.59 Å². The van der Waals surface area contributed by atoms with E-state index in [0.29, 0.717) is 25.1 Å². The third-order valence-electron chi connectivity index (χ3n) is 6.13. The van der Waals surface area contributed by atoms with Crippen molar-refractivity contribution in [1.29, 1.82) is 0 Å². The number of hydrogen-bond donors (Lipinski definition) is 0. The molecule has 2 aromatic carbocycles. The van der Waals surface area contributed by atoms with E-state index in [-0.39, 0.29) is 11.8 Å². The van der Waals surface area contributed by atoms with Crippen molar-refractivity contribution in [3.63, 3.8) is 0 Å². The number of carbonyl (C=O) groups is 2. The van der Waals surface area contributed by atoms with Gasteiger partial charge in [0.15, 0.2) is 0 Å². The summed E-state index contributed by atoms with van der Waals surface area (Å²) in [4.78, 5) is 29.2. The predicted molar refractivity (Wildman–Crippen MR) is 120 cm³/mol. The quantitative estimate of drug-likeness (QED) is 0.645. The maximum Gasteiger partial charge on any atom is 0.253 e. The SMILES string of the molecule is O=C(c1ccc(CN2C(=O)CCn3nc(-c4ccccc4)cc32)cc1)N1CCCCC1. The summed E-state index contributed by atoms with van der Waals surface area (Å²) in [6, 6.07) is 19.7. The summed E-state index contributed by atoms with van der Waals surface area (Å²) in [7, 11) is 0. The standard InChI is InChI=1S/C25H26N4O2/c30-24-13-16-29-23(17-22(26-29)20-7-3-1-4-8-20)28(24)18-19-9-11-21(12-10-19)25(31)27-14-5-2-6-15-27/h1,3-4,7-12,17H,2,5-6,13-16,18H2. The zero-order valence-electron chi connectivity index (χ0n) is 17.5. The van der Waals surface area contributed by atoms with Crippen molar-refractivity contribution in [1.82, 2.24) is 14.7 Å². The monoisotopic (exact) mass is 414 g/mol. The Morgan fingerprint density at radius 3 is 2.39 bits per heavy atom. The van der Waals surface area contributed by atoms with Crippen LogP contribution in [0, 0.1) is 0 Å². The van der Waals surface area contributed by atoms with Crippen LogP contribution in [-0.4, -0.2) is 39.6 Å². The molecule has 0 N–H and O–H groups in total. The van der Waals surface area contributed by atoms with Crippen molar-refractivity contribution >= 4 is 17.6 Å². The number of rotatable bonds is 4. The molecule has 0 spiro atoms. The molecule has 3 heterocycles. The van der Waals surface area contributed by atoms with Crippen LogP contribution in [0.5, 0.6) is 0 Å². The van der Waals surface area contributed by atoms with Gasteiger partial charge in [-0.3, -0.25) is 14.5 Å². The smallest absolute Gasteiger partial charge is 0.253 e. The second kappa shape index (κ2) is 8.38. The molecule has 0 radical (unpaired) electrons. The highest BCUT2D eigenvalue weighted by Crippen LogP contribution is 2.29. The highest BCUT2D eigenvalue weighted by molar-refractivity contribution is 5.95. The lowest BCUT2D eigenvalue weighted by Gasteiger charge is -2.28. The third-order valence-corrected chi connectivity index (χ3v) is 6.13. The number of hydrogen-bond acceptors (Lipinski definition) is 3. The van der Waals surface area contributed by atoms with E-state index in [9.17, 15) is 9.59 Å². The average molecular weight is 415 g/mol. The van der Waals surface area contributed by atoms with Crippen molar-refractivity contribution in [3.8, 4) is 11.3 Å². The Bertz CT molecular complexity index is 1080. The lowest BCUT2D eigenvalue weighted by atomic mass is 10.1. The Morgan fingerprint density at radius 2 is 1.65 bits per heavy atom. The molecule has 0 saturated carbocycles. The van der Waals surface area contributed by atoms with Gasteiger partial charge in [-0.2, -0.15) is 5.10 Å². The molecule has 2 amide bonds. The van der Waals surface area contributed by atoms with Gasteiger partial charge in [-0.25, -0.2) is 4.68 Å². The highest BCUT2D eigenvalue weighted by Gasteiger charge is 2.27. The normalized spacial score (nSPS) is 16.3. The lowest BCUT2D eigenvalue weighted by molar-refractivity contribution is -0.119. The number of amides is 2. The Morgan fingerprint density at radius 1 is 0.903 bits per heavy atom. The maximum atomic E-state index is 12.7. The number of likely N-dealkylation sites (tertiary alicyclic amines) is 1. The van der Waals surface area contributed by atoms with Gasteiger partial charge in [0.1, 0.15) is 5.82 Å². The fourth-order valence-electron chi connectivity index (χ4n) is 4.39. The Labute approximate surface area is 182 Å². The molecule has 158 valence electrons. The summed E-state index contributed by atoms with van der Waals surface area (Å²) < 4.78 is 1.91. The van der Waals surface area contributed by atoms with E-state index in [0.717, 1.165) is 48.6 Å². The minimum atomic E-state index is 0.0977. The van der Waals surface area contributed by atoms with Crippen LogP contribution in [0.25, 0.3) is 11.3 Å². The van der Waals surface area contributed by atoms with Gasteiger partial charge in [0.2, 0.25) is 5.91 Å². The van der Waals surface area contributed by atoms with Crippen molar-refractivity contribution in [2.24, 2.45) is 0 Å². The molecule has 6 heteroatoms. The van der Waals surface area contributed by atoms with E-state index in [4.69, 9.17) is 5.10 Å². The van der Waals surface area contributed by atoms with Gasteiger partial charge in [-0.15, -0.1) is 0 Å². The van der Waals surface area contributed by atoms with Gasteiger partial charge >= 0.3 is 0 Å². The molecule has 0 unspecified atom stereocenters. The largest absolute Gasteiger partial charge is 0.339 e. The van der Waals surface area contributed by atoms with Crippen LogP contribution in [0.3, 0.4) is 0 Å². The Kier molecular flexibility index (Phi) is 5.28. The second-order valence-electron chi connectivity index (χ2n) is 8.26. The fraction of sp³-hybridized carbons (Fsp3) is 0.320. The van der Waals surface area contributed by atoms with Crippen LogP contribution >= 0.6 is 0 Å². The minimum absolute atomic E-state index is 0.0977. The molecule has 1 fully saturated rings. The van der Waals surface area contributed by atoms with Crippen LogP contribution in [0.4, 0.5) is 5.82 Å². The van der Waals surface area contributed by atoms with E-state index in [1.807, 2.05) is 70.2 Å². The van der Waals surface area contributed by atoms with Crippen LogP contribution in [0.1, 0.15) is 41.6 Å². The van der Waals surface area contributed by atoms with Gasteiger partial charge in [0.05, 0.1) is 18.8 Å². The van der Waals surface area contributed by atoms with E-state index >= 15 is 0 Å². The number of carbonyl (C=O) groups excluding carboxylic acids is 2. The number of nitrogens with zero attached hydrogens (tertiary/aromatic N) is 4. The van der Waals surface area contributed by atoms with Crippen LogP contribution in [0.15, 0.2) is 60.7 Å². The first-order valence-corrected chi connectivity index (χ1v) is 11.0. The maximum absolute atomic E-state index is 12.7. The number of anilines is 1. The highest BCUT2D eigenvalue weighted by atomic mass is 16.2. The zero-order chi connectivity index (χ0) is 21.2. The molecule has 3 aromatic rings. The molecular formula is C25H26N4O2. The fourth-order valence-corrected chi connectivity index (χ4v) is 4.39. The number of aryl methyl sites for hydroxylation is 1. The molecule has 0 bridgehead atoms. The number of fused-ring (bicyclic) bond motifs is 1. The summed E-state index contributed by atoms with van der Waals surface area (Å²) in [5, 5.41) is 4.71. The molecule has 1 saturated heterocycles. The third kappa shape index (κ3) is 3.98. The van der Waals surface area contributed by atoms with Crippen LogP contribution in [-0.2, 0) is 17.9 Å². The van der Waals surface area contributed by atoms with Crippen molar-refractivity contribution in [2.45, 2.75) is 38.8 Å². The molecule has 5 rings (SSSR count). The topological polar surface area (TPSA) is 58.4 Å². The van der Waals surface area contributed by atoms with Gasteiger partial charge < -0.3 is 4.90 Å². The number of aromatic nitrogens is 2. The predicted octanol–water partition coefficient (Wildman–Crippen LogP) is 4.11. The van der Waals surface area contributed by atoms with Gasteiger partial charge in [-0.1, -0.05) is 42.5 Å². The van der Waals surface area contributed by atoms with Gasteiger partial charge in [0, 0.05) is 36.7 Å². The summed E-state index contributed by atoms with van der Waals surface area (Å²) in [6.07, 6.45) is 3.81. The van der Waals surface area contributed by atoms with E-state index in [2.05, 4.69) is 0 Å². The molecule has 31 heavy (non-hydrogen) atoms. The summed E-state index contributed by atoms with van der Waals surface area (Å²) in [5.41, 5.74) is 3.63. The second-order valence-corrected chi connectivity index (χ2v) is 8.26. The van der Waals surface area contributed by atoms with E-state index in [1.54, 1.807) is 4.90 Å². The first-order chi connectivity index (χ1) is 15.2. The van der Waals surface area contributed by atoms with Crippen molar-refractivity contribution in [2.75, 3.05) is 18.0 Å². The lowest BCUT2D eigenvalue weighted by Crippen LogP contribution is -2.37. The van der Waals surface area contributed by atoms with E-state index < -0.39 is 0 Å². The molecule has 2 aliphatic rings. The molecule has 0 aliphatic carbocycles. The van der Waals surface area contributed by atoms with Gasteiger partial charge in [-0.05, 0) is 37.0 Å². The Hall–Kier alpha value is -3.41. The summed E-state index contributed by atoms with van der Waals surface area (Å²) >= 11 is 0. The molecular weight excluding hydrogens is 388 g/mol. The Balaban J connectivity index is 1.35. The van der Waals surface area contributed by atoms with Crippen molar-refractivity contribution in [3.05, 3.63) is 71.8 Å². The first kappa shape index (κ1) is 19.5. The minimum Gasteiger partial charge on any atom is -0.339 e. The molecule has 0 atom stereocenters. The summed E-state index contributed by atoms with van der Waals surface area (Å²) in [5.74, 6) is 1.02. The molecule has 1 aromatic heterocycles. The average Bonchev–Trinajstić information content (AvgIpc) is 3.27. The number of piperidine rings is 1. The number of benzene rings is 2.